The molecule has 1 aliphatic carbocycles. The van der Waals surface area contributed by atoms with Gasteiger partial charge in [-0.2, -0.15) is 4.98 Å². The molecule has 11 heteroatoms. The number of para-hydroxylation sites is 2. The normalized spacial score (nSPS) is 18.2. The van der Waals surface area contributed by atoms with E-state index < -0.39 is 18.1 Å². The van der Waals surface area contributed by atoms with E-state index in [4.69, 9.17) is 0 Å². The minimum atomic E-state index is -4.84. The molecule has 2 amide bonds. The first kappa shape index (κ1) is 25.4. The number of nitrogens with zero attached hydrogens (tertiary/aromatic N) is 4. The number of amides is 2. The number of ether oxygens (including phenoxy) is 1. The maximum absolute atomic E-state index is 12.9. The summed E-state index contributed by atoms with van der Waals surface area (Å²) >= 11 is 0. The monoisotopic (exact) mass is 480 g/mol. The van der Waals surface area contributed by atoms with Crippen LogP contribution in [0.15, 0.2) is 30.5 Å². The van der Waals surface area contributed by atoms with E-state index in [0.717, 1.165) is 37.1 Å². The van der Waals surface area contributed by atoms with E-state index in [0.29, 0.717) is 5.95 Å². The molecule has 1 fully saturated rings. The second-order valence-electron chi connectivity index (χ2n) is 8.50. The van der Waals surface area contributed by atoms with Crippen molar-refractivity contribution in [1.82, 2.24) is 15.3 Å². The van der Waals surface area contributed by atoms with Gasteiger partial charge in [-0.25, -0.2) is 9.78 Å². The van der Waals surface area contributed by atoms with Crippen molar-refractivity contribution in [3.8, 4) is 5.75 Å². The zero-order valence-corrected chi connectivity index (χ0v) is 19.8. The highest BCUT2D eigenvalue weighted by Crippen LogP contribution is 2.33. The van der Waals surface area contributed by atoms with Crippen LogP contribution >= 0.6 is 0 Å². The molecule has 8 nitrogen and oxygen atoms in total. The molecule has 0 bridgehead atoms. The van der Waals surface area contributed by atoms with Crippen LogP contribution in [0.3, 0.4) is 0 Å². The van der Waals surface area contributed by atoms with Crippen LogP contribution in [0.5, 0.6) is 5.75 Å². The quantitative estimate of drug-likeness (QED) is 0.597. The number of hydrogen-bond acceptors (Lipinski definition) is 6. The summed E-state index contributed by atoms with van der Waals surface area (Å²) in [6.45, 7) is 3.86. The fourth-order valence-corrected chi connectivity index (χ4v) is 4.09. The second kappa shape index (κ2) is 10.8. The zero-order valence-electron chi connectivity index (χ0n) is 19.8. The lowest BCUT2D eigenvalue weighted by atomic mass is 9.91. The lowest BCUT2D eigenvalue weighted by Gasteiger charge is -2.32. The summed E-state index contributed by atoms with van der Waals surface area (Å²) in [5, 5.41) is 6.33. The van der Waals surface area contributed by atoms with Gasteiger partial charge in [-0.3, -0.25) is 4.90 Å². The highest BCUT2D eigenvalue weighted by atomic mass is 19.4. The Morgan fingerprint density at radius 2 is 1.79 bits per heavy atom. The van der Waals surface area contributed by atoms with Crippen molar-refractivity contribution in [2.24, 2.45) is 0 Å². The fourth-order valence-electron chi connectivity index (χ4n) is 4.09. The zero-order chi connectivity index (χ0) is 24.9. The van der Waals surface area contributed by atoms with Gasteiger partial charge in [0, 0.05) is 44.5 Å². The van der Waals surface area contributed by atoms with E-state index in [1.165, 1.54) is 23.1 Å². The van der Waals surface area contributed by atoms with Crippen molar-refractivity contribution >= 4 is 23.5 Å². The molecular formula is C23H31F3N6O2. The Hall–Kier alpha value is -3.24. The number of urea groups is 1. The number of rotatable bonds is 7. The Balaban J connectivity index is 1.58. The highest BCUT2D eigenvalue weighted by Gasteiger charge is 2.33. The van der Waals surface area contributed by atoms with Gasteiger partial charge in [0.15, 0.2) is 5.75 Å². The molecule has 0 radical (unpaired) electrons. The summed E-state index contributed by atoms with van der Waals surface area (Å²) in [4.78, 5) is 25.0. The SMILES string of the molecule is CCN(C(=O)NC1CCC(Nc2ncc(C)c(N(C)C)n2)CC1)c1ccccc1OC(F)(F)F. The van der Waals surface area contributed by atoms with Crippen LogP contribution in [0.4, 0.5) is 35.4 Å². The van der Waals surface area contributed by atoms with Crippen molar-refractivity contribution < 1.29 is 22.7 Å². The molecule has 3 rings (SSSR count). The Labute approximate surface area is 197 Å². The van der Waals surface area contributed by atoms with E-state index in [2.05, 4.69) is 25.3 Å². The molecule has 0 unspecified atom stereocenters. The number of carbonyl (C=O) groups excluding carboxylic acids is 1. The molecule has 2 N–H and O–H groups in total. The van der Waals surface area contributed by atoms with Gasteiger partial charge in [0.05, 0.1) is 5.69 Å². The van der Waals surface area contributed by atoms with Crippen LogP contribution in [0.2, 0.25) is 0 Å². The number of nitrogens with one attached hydrogen (secondary N) is 2. The van der Waals surface area contributed by atoms with Crippen LogP contribution in [-0.4, -0.2) is 55.1 Å². The summed E-state index contributed by atoms with van der Waals surface area (Å²) in [6, 6.07) is 5.29. The van der Waals surface area contributed by atoms with Crippen molar-refractivity contribution in [3.63, 3.8) is 0 Å². The summed E-state index contributed by atoms with van der Waals surface area (Å²) in [5.41, 5.74) is 1.06. The summed E-state index contributed by atoms with van der Waals surface area (Å²) in [5.74, 6) is 1.02. The first-order valence-corrected chi connectivity index (χ1v) is 11.3. The lowest BCUT2D eigenvalue weighted by molar-refractivity contribution is -0.274. The van der Waals surface area contributed by atoms with Crippen LogP contribution in [0.25, 0.3) is 0 Å². The van der Waals surface area contributed by atoms with Gasteiger partial charge < -0.3 is 20.3 Å². The van der Waals surface area contributed by atoms with Crippen LogP contribution < -0.4 is 25.2 Å². The lowest BCUT2D eigenvalue weighted by Crippen LogP contribution is -2.47. The highest BCUT2D eigenvalue weighted by molar-refractivity contribution is 5.93. The molecule has 1 saturated carbocycles. The molecule has 0 atom stereocenters. The largest absolute Gasteiger partial charge is 0.573 e. The third-order valence-electron chi connectivity index (χ3n) is 5.70. The van der Waals surface area contributed by atoms with Gasteiger partial charge in [-0.05, 0) is 51.7 Å². The predicted molar refractivity (Wildman–Crippen MR) is 125 cm³/mol. The number of hydrogen-bond donors (Lipinski definition) is 2. The second-order valence-corrected chi connectivity index (χ2v) is 8.50. The maximum Gasteiger partial charge on any atom is 0.573 e. The van der Waals surface area contributed by atoms with Crippen LogP contribution in [0.1, 0.15) is 38.2 Å². The van der Waals surface area contributed by atoms with Gasteiger partial charge in [0.25, 0.3) is 0 Å². The molecule has 0 spiro atoms. The molecule has 1 heterocycles. The van der Waals surface area contributed by atoms with E-state index in [1.54, 1.807) is 19.2 Å². The Bertz CT molecular complexity index is 977. The van der Waals surface area contributed by atoms with Gasteiger partial charge in [-0.1, -0.05) is 12.1 Å². The van der Waals surface area contributed by atoms with E-state index >= 15 is 0 Å². The summed E-state index contributed by atoms with van der Waals surface area (Å²) < 4.78 is 42.4. The van der Waals surface area contributed by atoms with Crippen molar-refractivity contribution in [2.45, 2.75) is 58.0 Å². The number of carbonyl (C=O) groups is 1. The molecule has 1 aliphatic rings. The number of halogens is 3. The molecule has 2 aromatic rings. The standard InChI is InChI=1S/C23H31F3N6O2/c1-5-32(18-8-6-7-9-19(18)34-23(24,25)26)22(33)29-17-12-10-16(11-13-17)28-21-27-14-15(2)20(30-21)31(3)4/h6-9,14,16-17H,5,10-13H2,1-4H3,(H,29,33)(H,27,28,30). The Morgan fingerprint density at radius 1 is 1.15 bits per heavy atom. The van der Waals surface area contributed by atoms with Crippen molar-refractivity contribution in [2.75, 3.05) is 35.8 Å². The summed E-state index contributed by atoms with van der Waals surface area (Å²) in [7, 11) is 3.86. The van der Waals surface area contributed by atoms with Crippen LogP contribution in [-0.2, 0) is 0 Å². The average molecular weight is 481 g/mol. The van der Waals surface area contributed by atoms with Crippen molar-refractivity contribution in [1.29, 1.82) is 0 Å². The third-order valence-corrected chi connectivity index (χ3v) is 5.70. The molecule has 34 heavy (non-hydrogen) atoms. The first-order valence-electron chi connectivity index (χ1n) is 11.3. The Morgan fingerprint density at radius 3 is 2.41 bits per heavy atom. The molecule has 186 valence electrons. The number of alkyl halides is 3. The predicted octanol–water partition coefficient (Wildman–Crippen LogP) is 4.71. The number of aromatic nitrogens is 2. The number of anilines is 3. The Kier molecular flexibility index (Phi) is 8.06. The molecule has 0 aliphatic heterocycles. The molecular weight excluding hydrogens is 449 g/mol. The minimum Gasteiger partial charge on any atom is -0.404 e. The van der Waals surface area contributed by atoms with Gasteiger partial charge in [-0.15, -0.1) is 13.2 Å². The summed E-state index contributed by atoms with van der Waals surface area (Å²) in [6.07, 6.45) is 0.0168. The molecule has 1 aromatic carbocycles. The van der Waals surface area contributed by atoms with Gasteiger partial charge in [0.1, 0.15) is 5.82 Å². The minimum absolute atomic E-state index is 0.0726. The number of benzene rings is 1. The van der Waals surface area contributed by atoms with E-state index in [9.17, 15) is 18.0 Å². The van der Waals surface area contributed by atoms with E-state index in [1.807, 2.05) is 25.9 Å². The topological polar surface area (TPSA) is 82.6 Å². The van der Waals surface area contributed by atoms with Crippen molar-refractivity contribution in [3.05, 3.63) is 36.0 Å². The van der Waals surface area contributed by atoms with Gasteiger partial charge >= 0.3 is 12.4 Å². The number of aryl methyl sites for hydroxylation is 1. The molecule has 1 aromatic heterocycles. The van der Waals surface area contributed by atoms with Crippen LogP contribution in [0, 0.1) is 6.92 Å². The third kappa shape index (κ3) is 6.64. The maximum atomic E-state index is 12.9. The fraction of sp³-hybridized carbons (Fsp3) is 0.522. The smallest absolute Gasteiger partial charge is 0.404 e. The molecule has 0 saturated heterocycles. The van der Waals surface area contributed by atoms with Gasteiger partial charge in [0.2, 0.25) is 5.95 Å². The average Bonchev–Trinajstić information content (AvgIpc) is 2.77. The first-order chi connectivity index (χ1) is 16.1. The van der Waals surface area contributed by atoms with E-state index in [-0.39, 0.29) is 24.3 Å².